The standard InChI is InChI=1S/C15H24BrN3O2/c1-3-21-11-5-9-18-15(17)19-10-8-12-6-4-7-13(16)14(12)20-2/h4,6-7H,3,5,8-11H2,1-2H3,(H3,17,18,19). The molecule has 0 unspecified atom stereocenters. The smallest absolute Gasteiger partial charge is 0.188 e. The van der Waals surface area contributed by atoms with E-state index in [0.29, 0.717) is 19.0 Å². The van der Waals surface area contributed by atoms with Crippen LogP contribution in [0.5, 0.6) is 5.75 Å². The summed E-state index contributed by atoms with van der Waals surface area (Å²) in [4.78, 5) is 4.25. The number of nitrogens with zero attached hydrogens (tertiary/aromatic N) is 1. The topological polar surface area (TPSA) is 68.9 Å². The fraction of sp³-hybridized carbons (Fsp3) is 0.533. The highest BCUT2D eigenvalue weighted by Crippen LogP contribution is 2.28. The highest BCUT2D eigenvalue weighted by Gasteiger charge is 2.06. The first kappa shape index (κ1) is 17.8. The number of halogens is 1. The predicted molar refractivity (Wildman–Crippen MR) is 90.0 cm³/mol. The molecular formula is C15H24BrN3O2. The summed E-state index contributed by atoms with van der Waals surface area (Å²) in [6.07, 6.45) is 1.70. The Bertz CT molecular complexity index is 453. The molecule has 118 valence electrons. The number of para-hydroxylation sites is 1. The summed E-state index contributed by atoms with van der Waals surface area (Å²) < 4.78 is 11.6. The van der Waals surface area contributed by atoms with Crippen molar-refractivity contribution in [3.8, 4) is 5.75 Å². The van der Waals surface area contributed by atoms with Crippen molar-refractivity contribution >= 4 is 21.9 Å². The fourth-order valence-corrected chi connectivity index (χ4v) is 2.44. The van der Waals surface area contributed by atoms with Gasteiger partial charge in [-0.3, -0.25) is 4.99 Å². The van der Waals surface area contributed by atoms with Gasteiger partial charge in [-0.05, 0) is 47.3 Å². The minimum absolute atomic E-state index is 0.473. The molecule has 0 aromatic heterocycles. The number of methoxy groups -OCH3 is 1. The summed E-state index contributed by atoms with van der Waals surface area (Å²) >= 11 is 3.48. The third-order valence-corrected chi connectivity index (χ3v) is 3.51. The molecule has 0 radical (unpaired) electrons. The lowest BCUT2D eigenvalue weighted by atomic mass is 10.1. The molecule has 0 amide bonds. The van der Waals surface area contributed by atoms with Gasteiger partial charge in [-0.2, -0.15) is 0 Å². The lowest BCUT2D eigenvalue weighted by molar-refractivity contribution is 0.146. The van der Waals surface area contributed by atoms with Crippen molar-refractivity contribution in [1.29, 1.82) is 0 Å². The summed E-state index contributed by atoms with van der Waals surface area (Å²) in [6, 6.07) is 6.00. The summed E-state index contributed by atoms with van der Waals surface area (Å²) in [7, 11) is 1.67. The Labute approximate surface area is 135 Å². The van der Waals surface area contributed by atoms with Gasteiger partial charge in [-0.15, -0.1) is 0 Å². The largest absolute Gasteiger partial charge is 0.495 e. The number of benzene rings is 1. The Morgan fingerprint density at radius 2 is 2.24 bits per heavy atom. The SMILES string of the molecule is CCOCCCN=C(N)NCCc1cccc(Br)c1OC. The van der Waals surface area contributed by atoms with Gasteiger partial charge in [-0.1, -0.05) is 12.1 Å². The number of aliphatic imine (C=N–C) groups is 1. The number of guanidine groups is 1. The fourth-order valence-electron chi connectivity index (χ4n) is 1.87. The molecule has 0 fully saturated rings. The van der Waals surface area contributed by atoms with E-state index in [-0.39, 0.29) is 0 Å². The van der Waals surface area contributed by atoms with Crippen molar-refractivity contribution in [2.75, 3.05) is 33.4 Å². The van der Waals surface area contributed by atoms with Gasteiger partial charge in [0.2, 0.25) is 0 Å². The van der Waals surface area contributed by atoms with Gasteiger partial charge in [0.25, 0.3) is 0 Å². The zero-order valence-corrected chi connectivity index (χ0v) is 14.3. The molecule has 21 heavy (non-hydrogen) atoms. The van der Waals surface area contributed by atoms with Crippen LogP contribution in [0.4, 0.5) is 0 Å². The van der Waals surface area contributed by atoms with E-state index in [4.69, 9.17) is 15.2 Å². The monoisotopic (exact) mass is 357 g/mol. The Hall–Kier alpha value is -1.27. The lowest BCUT2D eigenvalue weighted by Crippen LogP contribution is -2.33. The van der Waals surface area contributed by atoms with Crippen molar-refractivity contribution < 1.29 is 9.47 Å². The van der Waals surface area contributed by atoms with Gasteiger partial charge in [0.05, 0.1) is 11.6 Å². The maximum atomic E-state index is 5.81. The molecule has 1 aromatic rings. The lowest BCUT2D eigenvalue weighted by Gasteiger charge is -2.11. The van der Waals surface area contributed by atoms with Crippen LogP contribution in [-0.2, 0) is 11.2 Å². The Morgan fingerprint density at radius 1 is 1.43 bits per heavy atom. The van der Waals surface area contributed by atoms with Crippen LogP contribution >= 0.6 is 15.9 Å². The summed E-state index contributed by atoms with van der Waals surface area (Å²) in [5, 5.41) is 3.11. The zero-order chi connectivity index (χ0) is 15.5. The highest BCUT2D eigenvalue weighted by atomic mass is 79.9. The summed E-state index contributed by atoms with van der Waals surface area (Å²) in [6.45, 7) is 4.84. The van der Waals surface area contributed by atoms with Crippen LogP contribution < -0.4 is 15.8 Å². The van der Waals surface area contributed by atoms with Crippen LogP contribution in [0, 0.1) is 0 Å². The average molecular weight is 358 g/mol. The minimum Gasteiger partial charge on any atom is -0.495 e. The first-order chi connectivity index (χ1) is 10.2. The van der Waals surface area contributed by atoms with Crippen molar-refractivity contribution in [2.45, 2.75) is 19.8 Å². The normalized spacial score (nSPS) is 11.5. The quantitative estimate of drug-likeness (QED) is 0.404. The first-order valence-corrected chi connectivity index (χ1v) is 7.91. The van der Waals surface area contributed by atoms with E-state index in [1.807, 2.05) is 25.1 Å². The predicted octanol–water partition coefficient (Wildman–Crippen LogP) is 2.33. The van der Waals surface area contributed by atoms with Crippen LogP contribution in [0.2, 0.25) is 0 Å². The number of hydrogen-bond acceptors (Lipinski definition) is 3. The Kier molecular flexibility index (Phi) is 8.85. The third kappa shape index (κ3) is 6.82. The van der Waals surface area contributed by atoms with Gasteiger partial charge in [-0.25, -0.2) is 0 Å². The van der Waals surface area contributed by atoms with E-state index in [1.54, 1.807) is 7.11 Å². The summed E-state index contributed by atoms with van der Waals surface area (Å²) in [5.41, 5.74) is 6.94. The molecule has 0 bridgehead atoms. The zero-order valence-electron chi connectivity index (χ0n) is 12.7. The van der Waals surface area contributed by atoms with Crippen molar-refractivity contribution in [1.82, 2.24) is 5.32 Å². The molecule has 0 saturated carbocycles. The van der Waals surface area contributed by atoms with Gasteiger partial charge in [0.15, 0.2) is 5.96 Å². The van der Waals surface area contributed by atoms with Gasteiger partial charge in [0.1, 0.15) is 5.75 Å². The molecular weight excluding hydrogens is 334 g/mol. The van der Waals surface area contributed by atoms with E-state index in [0.717, 1.165) is 41.8 Å². The number of nitrogens with two attached hydrogens (primary N) is 1. The first-order valence-electron chi connectivity index (χ1n) is 7.12. The van der Waals surface area contributed by atoms with Crippen LogP contribution in [0.25, 0.3) is 0 Å². The molecule has 0 saturated heterocycles. The van der Waals surface area contributed by atoms with Crippen LogP contribution in [0.3, 0.4) is 0 Å². The molecule has 0 aliphatic rings. The minimum atomic E-state index is 0.473. The molecule has 1 rings (SSSR count). The third-order valence-electron chi connectivity index (χ3n) is 2.89. The number of ether oxygens (including phenoxy) is 2. The molecule has 3 N–H and O–H groups in total. The summed E-state index contributed by atoms with van der Waals surface area (Å²) in [5.74, 6) is 1.34. The van der Waals surface area contributed by atoms with Crippen molar-refractivity contribution in [3.05, 3.63) is 28.2 Å². The van der Waals surface area contributed by atoms with Gasteiger partial charge in [0, 0.05) is 26.3 Å². The van der Waals surface area contributed by atoms with E-state index >= 15 is 0 Å². The van der Waals surface area contributed by atoms with E-state index in [2.05, 4.69) is 26.2 Å². The van der Waals surface area contributed by atoms with Crippen LogP contribution in [0.1, 0.15) is 18.9 Å². The molecule has 0 aliphatic carbocycles. The molecule has 0 heterocycles. The average Bonchev–Trinajstić information content (AvgIpc) is 2.47. The highest BCUT2D eigenvalue weighted by molar-refractivity contribution is 9.10. The molecule has 1 aromatic carbocycles. The van der Waals surface area contributed by atoms with E-state index in [1.165, 1.54) is 0 Å². The van der Waals surface area contributed by atoms with E-state index < -0.39 is 0 Å². The van der Waals surface area contributed by atoms with Crippen molar-refractivity contribution in [2.24, 2.45) is 10.7 Å². The molecule has 5 nitrogen and oxygen atoms in total. The second kappa shape index (κ2) is 10.5. The maximum Gasteiger partial charge on any atom is 0.188 e. The molecule has 0 aliphatic heterocycles. The second-order valence-electron chi connectivity index (χ2n) is 4.43. The van der Waals surface area contributed by atoms with Gasteiger partial charge < -0.3 is 20.5 Å². The molecule has 6 heteroatoms. The van der Waals surface area contributed by atoms with Crippen LogP contribution in [0.15, 0.2) is 27.7 Å². The Morgan fingerprint density at radius 3 is 2.95 bits per heavy atom. The second-order valence-corrected chi connectivity index (χ2v) is 5.28. The Balaban J connectivity index is 2.33. The number of rotatable bonds is 9. The number of hydrogen-bond donors (Lipinski definition) is 2. The molecule has 0 spiro atoms. The van der Waals surface area contributed by atoms with Crippen molar-refractivity contribution in [3.63, 3.8) is 0 Å². The molecule has 0 atom stereocenters. The van der Waals surface area contributed by atoms with Gasteiger partial charge >= 0.3 is 0 Å². The van der Waals surface area contributed by atoms with E-state index in [9.17, 15) is 0 Å². The van der Waals surface area contributed by atoms with Crippen LogP contribution in [-0.4, -0.2) is 39.4 Å². The number of nitrogens with one attached hydrogen (secondary N) is 1. The maximum absolute atomic E-state index is 5.81.